The number of benzene rings is 1. The number of likely N-dealkylation sites (tertiary alicyclic amines) is 2. The lowest BCUT2D eigenvalue weighted by Crippen LogP contribution is -2.56. The van der Waals surface area contributed by atoms with E-state index in [2.05, 4.69) is 40.1 Å². The number of carbonyl (C=O) groups is 1. The summed E-state index contributed by atoms with van der Waals surface area (Å²) in [5.41, 5.74) is 1.40. The number of carbonyl (C=O) groups excluding carboxylic acids is 1. The molecule has 2 atom stereocenters. The monoisotopic (exact) mass is 284 g/mol. The minimum absolute atomic E-state index is 0.426. The molecule has 3 nitrogen and oxygen atoms in total. The van der Waals surface area contributed by atoms with Gasteiger partial charge in [0, 0.05) is 38.1 Å². The Hall–Kier alpha value is -1.35. The van der Waals surface area contributed by atoms with Gasteiger partial charge in [0.25, 0.3) is 0 Å². The van der Waals surface area contributed by atoms with Gasteiger partial charge in [0.05, 0.1) is 0 Å². The largest absolute Gasteiger partial charge is 0.336 e. The molecule has 3 heteroatoms. The molecule has 1 saturated carbocycles. The number of fused-ring (bicyclic) bond motifs is 1. The molecular formula is C18H24N2O. The van der Waals surface area contributed by atoms with Crippen LogP contribution in [-0.2, 0) is 11.3 Å². The Bertz CT molecular complexity index is 511. The average molecular weight is 284 g/mol. The van der Waals surface area contributed by atoms with E-state index < -0.39 is 0 Å². The van der Waals surface area contributed by atoms with Gasteiger partial charge < -0.3 is 4.90 Å². The van der Waals surface area contributed by atoms with Crippen molar-refractivity contribution in [3.63, 3.8) is 0 Å². The molecule has 0 radical (unpaired) electrons. The Labute approximate surface area is 126 Å². The summed E-state index contributed by atoms with van der Waals surface area (Å²) in [4.78, 5) is 17.1. The normalized spacial score (nSPS) is 30.3. The van der Waals surface area contributed by atoms with E-state index in [0.29, 0.717) is 23.9 Å². The summed E-state index contributed by atoms with van der Waals surface area (Å²) in [7, 11) is 0. The highest BCUT2D eigenvalue weighted by atomic mass is 16.2. The Balaban J connectivity index is 1.42. The molecule has 4 rings (SSSR count). The molecule has 0 aromatic heterocycles. The minimum Gasteiger partial charge on any atom is -0.336 e. The Morgan fingerprint density at radius 2 is 1.86 bits per heavy atom. The minimum atomic E-state index is 0.426. The van der Waals surface area contributed by atoms with E-state index in [9.17, 15) is 4.79 Å². The first-order valence-electron chi connectivity index (χ1n) is 8.39. The summed E-state index contributed by atoms with van der Waals surface area (Å²) >= 11 is 0. The third kappa shape index (κ3) is 2.71. The van der Waals surface area contributed by atoms with Gasteiger partial charge in [0.15, 0.2) is 0 Å². The fourth-order valence-corrected chi connectivity index (χ4v) is 4.18. The van der Waals surface area contributed by atoms with Crippen LogP contribution in [0.4, 0.5) is 0 Å². The number of hydrogen-bond acceptors (Lipinski definition) is 2. The van der Waals surface area contributed by atoms with Gasteiger partial charge in [-0.1, -0.05) is 30.3 Å². The van der Waals surface area contributed by atoms with Gasteiger partial charge in [0.1, 0.15) is 0 Å². The van der Waals surface area contributed by atoms with Crippen LogP contribution in [0.5, 0.6) is 0 Å². The van der Waals surface area contributed by atoms with Gasteiger partial charge in [-0.05, 0) is 37.2 Å². The molecule has 1 aromatic rings. The maximum atomic E-state index is 12.2. The third-order valence-electron chi connectivity index (χ3n) is 5.34. The number of nitrogens with zero attached hydrogens (tertiary/aromatic N) is 2. The highest BCUT2D eigenvalue weighted by Crippen LogP contribution is 2.39. The summed E-state index contributed by atoms with van der Waals surface area (Å²) < 4.78 is 0. The molecule has 21 heavy (non-hydrogen) atoms. The van der Waals surface area contributed by atoms with Crippen LogP contribution in [0, 0.1) is 5.92 Å². The molecule has 2 saturated heterocycles. The molecule has 1 aliphatic carbocycles. The van der Waals surface area contributed by atoms with Gasteiger partial charge in [-0.3, -0.25) is 9.69 Å². The molecule has 0 N–H and O–H groups in total. The van der Waals surface area contributed by atoms with Gasteiger partial charge in [-0.2, -0.15) is 0 Å². The van der Waals surface area contributed by atoms with Crippen LogP contribution in [-0.4, -0.2) is 40.9 Å². The van der Waals surface area contributed by atoms with Crippen molar-refractivity contribution in [1.29, 1.82) is 0 Å². The van der Waals surface area contributed by atoms with E-state index in [4.69, 9.17) is 0 Å². The lowest BCUT2D eigenvalue weighted by Gasteiger charge is -2.47. The summed E-state index contributed by atoms with van der Waals surface area (Å²) in [5.74, 6) is 1.12. The standard InChI is InChI=1S/C18H24N2O/c21-18-9-6-15-13-19(12-14-4-2-1-3-5-14)11-10-17(15)20(18)16-7-8-16/h1-5,15-17H,6-13H2. The number of amides is 1. The summed E-state index contributed by atoms with van der Waals surface area (Å²) in [6.07, 6.45) is 5.51. The second-order valence-corrected chi connectivity index (χ2v) is 6.91. The highest BCUT2D eigenvalue weighted by molar-refractivity contribution is 5.78. The van der Waals surface area contributed by atoms with Crippen molar-refractivity contribution in [2.24, 2.45) is 5.92 Å². The first-order valence-corrected chi connectivity index (χ1v) is 8.39. The van der Waals surface area contributed by atoms with Crippen molar-refractivity contribution in [3.05, 3.63) is 35.9 Å². The quantitative estimate of drug-likeness (QED) is 0.852. The number of piperidine rings is 2. The topological polar surface area (TPSA) is 23.6 Å². The van der Waals surface area contributed by atoms with E-state index >= 15 is 0 Å². The van der Waals surface area contributed by atoms with Crippen LogP contribution in [0.2, 0.25) is 0 Å². The Morgan fingerprint density at radius 1 is 1.05 bits per heavy atom. The van der Waals surface area contributed by atoms with Gasteiger partial charge in [-0.25, -0.2) is 0 Å². The second-order valence-electron chi connectivity index (χ2n) is 6.91. The molecule has 2 unspecified atom stereocenters. The summed E-state index contributed by atoms with van der Waals surface area (Å²) in [6, 6.07) is 11.9. The SMILES string of the molecule is O=C1CCC2CN(Cc3ccccc3)CCC2N1C1CC1. The molecular weight excluding hydrogens is 260 g/mol. The summed E-state index contributed by atoms with van der Waals surface area (Å²) in [6.45, 7) is 3.35. The zero-order chi connectivity index (χ0) is 14.2. The van der Waals surface area contributed by atoms with E-state index in [-0.39, 0.29) is 0 Å². The maximum absolute atomic E-state index is 12.2. The fourth-order valence-electron chi connectivity index (χ4n) is 4.18. The van der Waals surface area contributed by atoms with Crippen molar-refractivity contribution in [1.82, 2.24) is 9.80 Å². The maximum Gasteiger partial charge on any atom is 0.223 e. The van der Waals surface area contributed by atoms with Crippen LogP contribution in [0.25, 0.3) is 0 Å². The smallest absolute Gasteiger partial charge is 0.223 e. The van der Waals surface area contributed by atoms with E-state index in [1.54, 1.807) is 0 Å². The average Bonchev–Trinajstić information content (AvgIpc) is 3.33. The molecule has 2 heterocycles. The predicted molar refractivity (Wildman–Crippen MR) is 82.7 cm³/mol. The Morgan fingerprint density at radius 3 is 2.62 bits per heavy atom. The number of rotatable bonds is 3. The van der Waals surface area contributed by atoms with Crippen LogP contribution >= 0.6 is 0 Å². The van der Waals surface area contributed by atoms with E-state index in [1.165, 1.54) is 24.8 Å². The first kappa shape index (κ1) is 13.3. The third-order valence-corrected chi connectivity index (χ3v) is 5.34. The number of hydrogen-bond donors (Lipinski definition) is 0. The van der Waals surface area contributed by atoms with Crippen molar-refractivity contribution in [2.45, 2.75) is 50.7 Å². The zero-order valence-corrected chi connectivity index (χ0v) is 12.6. The summed E-state index contributed by atoms with van der Waals surface area (Å²) in [5, 5.41) is 0. The van der Waals surface area contributed by atoms with Crippen molar-refractivity contribution in [3.8, 4) is 0 Å². The fraction of sp³-hybridized carbons (Fsp3) is 0.611. The molecule has 3 aliphatic rings. The molecule has 3 fully saturated rings. The van der Waals surface area contributed by atoms with E-state index in [0.717, 1.165) is 32.5 Å². The molecule has 1 amide bonds. The van der Waals surface area contributed by atoms with Crippen LogP contribution in [0.15, 0.2) is 30.3 Å². The van der Waals surface area contributed by atoms with Gasteiger partial charge in [-0.15, -0.1) is 0 Å². The lowest BCUT2D eigenvalue weighted by atomic mass is 9.83. The van der Waals surface area contributed by atoms with E-state index in [1.807, 2.05) is 0 Å². The van der Waals surface area contributed by atoms with Crippen LogP contribution < -0.4 is 0 Å². The molecule has 1 aromatic carbocycles. The zero-order valence-electron chi connectivity index (χ0n) is 12.6. The predicted octanol–water partition coefficient (Wildman–Crippen LogP) is 2.66. The van der Waals surface area contributed by atoms with Crippen LogP contribution in [0.1, 0.15) is 37.7 Å². The first-order chi connectivity index (χ1) is 10.3. The van der Waals surface area contributed by atoms with Crippen LogP contribution in [0.3, 0.4) is 0 Å². The second kappa shape index (κ2) is 5.45. The molecule has 0 bridgehead atoms. The van der Waals surface area contributed by atoms with Gasteiger partial charge in [0.2, 0.25) is 5.91 Å². The lowest BCUT2D eigenvalue weighted by molar-refractivity contribution is -0.142. The van der Waals surface area contributed by atoms with Crippen molar-refractivity contribution >= 4 is 5.91 Å². The molecule has 2 aliphatic heterocycles. The molecule has 112 valence electrons. The van der Waals surface area contributed by atoms with Crippen molar-refractivity contribution < 1.29 is 4.79 Å². The van der Waals surface area contributed by atoms with Gasteiger partial charge >= 0.3 is 0 Å². The highest BCUT2D eigenvalue weighted by Gasteiger charge is 2.45. The molecule has 0 spiro atoms. The Kier molecular flexibility index (Phi) is 3.46. The van der Waals surface area contributed by atoms with Crippen molar-refractivity contribution in [2.75, 3.05) is 13.1 Å².